The lowest BCUT2D eigenvalue weighted by Crippen LogP contribution is -2.22. The maximum atomic E-state index is 12.3. The third kappa shape index (κ3) is 3.68. The van der Waals surface area contributed by atoms with E-state index in [1.165, 1.54) is 6.07 Å². The van der Waals surface area contributed by atoms with Crippen LogP contribution >= 0.6 is 0 Å². The van der Waals surface area contributed by atoms with Crippen LogP contribution in [-0.4, -0.2) is 33.6 Å². The van der Waals surface area contributed by atoms with Crippen molar-refractivity contribution in [1.29, 1.82) is 0 Å². The van der Waals surface area contributed by atoms with E-state index in [-0.39, 0.29) is 12.0 Å². The first-order valence-corrected chi connectivity index (χ1v) is 8.59. The first kappa shape index (κ1) is 19.0. The van der Waals surface area contributed by atoms with Crippen molar-refractivity contribution in [3.8, 4) is 0 Å². The normalized spacial score (nSPS) is 11.9. The number of aromatic nitrogens is 1. The molecular weight excluding hydrogens is 360 g/mol. The monoisotopic (exact) mass is 378 g/mol. The molecule has 0 radical (unpaired) electrons. The molecule has 3 rings (SSSR count). The zero-order valence-corrected chi connectivity index (χ0v) is 14.9. The average Bonchev–Trinajstić information content (AvgIpc) is 3.03. The smallest absolute Gasteiger partial charge is 0.311 e. The number of carboxylic acids is 1. The highest BCUT2D eigenvalue weighted by Gasteiger charge is 2.23. The molecule has 0 spiro atoms. The summed E-state index contributed by atoms with van der Waals surface area (Å²) in [6.07, 6.45) is 1.90. The number of hydrogen-bond acceptors (Lipinski definition) is 4. The predicted molar refractivity (Wildman–Crippen MR) is 102 cm³/mol. The first-order chi connectivity index (χ1) is 13.4. The highest BCUT2D eigenvalue weighted by molar-refractivity contribution is 6.44. The topological polar surface area (TPSA) is 119 Å². The number of carbonyl (C=O) groups is 4. The van der Waals surface area contributed by atoms with E-state index in [1.54, 1.807) is 22.9 Å². The third-order valence-corrected chi connectivity index (χ3v) is 4.60. The van der Waals surface area contributed by atoms with E-state index in [4.69, 9.17) is 5.73 Å². The van der Waals surface area contributed by atoms with Gasteiger partial charge in [-0.05, 0) is 23.3 Å². The molecule has 142 valence electrons. The van der Waals surface area contributed by atoms with Gasteiger partial charge in [0, 0.05) is 30.1 Å². The Bertz CT molecular complexity index is 1070. The summed E-state index contributed by atoms with van der Waals surface area (Å²) in [5, 5.41) is 9.82. The van der Waals surface area contributed by atoms with E-state index in [0.29, 0.717) is 29.3 Å². The lowest BCUT2D eigenvalue weighted by molar-refractivity contribution is -0.139. The van der Waals surface area contributed by atoms with Crippen molar-refractivity contribution in [3.05, 3.63) is 71.4 Å². The van der Waals surface area contributed by atoms with E-state index < -0.39 is 23.6 Å². The Labute approximate surface area is 160 Å². The molecule has 0 aliphatic rings. The molecule has 28 heavy (non-hydrogen) atoms. The molecule has 1 aromatic heterocycles. The van der Waals surface area contributed by atoms with Crippen molar-refractivity contribution in [2.24, 2.45) is 5.73 Å². The number of carbonyl (C=O) groups excluding carboxylic acids is 3. The van der Waals surface area contributed by atoms with Crippen LogP contribution in [0.4, 0.5) is 0 Å². The zero-order valence-electron chi connectivity index (χ0n) is 14.9. The van der Waals surface area contributed by atoms with E-state index >= 15 is 0 Å². The molecule has 0 fully saturated rings. The van der Waals surface area contributed by atoms with Gasteiger partial charge in [0.1, 0.15) is 6.29 Å². The quantitative estimate of drug-likeness (QED) is 0.353. The van der Waals surface area contributed by atoms with Crippen LogP contribution in [0.25, 0.3) is 10.9 Å². The lowest BCUT2D eigenvalue weighted by atomic mass is 9.94. The molecule has 0 aliphatic carbocycles. The molecule has 0 saturated carbocycles. The van der Waals surface area contributed by atoms with Crippen molar-refractivity contribution in [3.63, 3.8) is 0 Å². The van der Waals surface area contributed by atoms with Gasteiger partial charge in [-0.1, -0.05) is 36.4 Å². The van der Waals surface area contributed by atoms with Crippen LogP contribution in [0.2, 0.25) is 0 Å². The molecule has 1 amide bonds. The maximum Gasteiger partial charge on any atom is 0.311 e. The lowest BCUT2D eigenvalue weighted by Gasteiger charge is -2.11. The molecule has 1 atom stereocenters. The molecule has 7 heteroatoms. The minimum absolute atomic E-state index is 0.107. The van der Waals surface area contributed by atoms with E-state index in [9.17, 15) is 24.3 Å². The zero-order chi connectivity index (χ0) is 20.3. The number of hydrogen-bond donors (Lipinski definition) is 2. The van der Waals surface area contributed by atoms with Gasteiger partial charge < -0.3 is 20.2 Å². The number of primary amides is 1. The summed E-state index contributed by atoms with van der Waals surface area (Å²) < 4.78 is 1.81. The summed E-state index contributed by atoms with van der Waals surface area (Å²) in [6, 6.07) is 14.4. The molecule has 0 bridgehead atoms. The highest BCUT2D eigenvalue weighted by atomic mass is 16.4. The molecular formula is C21H18N2O5. The largest absolute Gasteiger partial charge is 0.481 e. The average molecular weight is 378 g/mol. The Hall–Kier alpha value is -3.74. The molecule has 1 unspecified atom stereocenters. The van der Waals surface area contributed by atoms with Gasteiger partial charge in [-0.15, -0.1) is 0 Å². The maximum absolute atomic E-state index is 12.3. The second-order valence-corrected chi connectivity index (χ2v) is 6.42. The van der Waals surface area contributed by atoms with Crippen LogP contribution in [0.3, 0.4) is 0 Å². The fourth-order valence-electron chi connectivity index (χ4n) is 3.23. The Kier molecular flexibility index (Phi) is 5.35. The Balaban J connectivity index is 2.16. The van der Waals surface area contributed by atoms with Gasteiger partial charge in [0.25, 0.3) is 11.7 Å². The highest BCUT2D eigenvalue weighted by Crippen LogP contribution is 2.28. The van der Waals surface area contributed by atoms with Gasteiger partial charge in [-0.3, -0.25) is 14.4 Å². The molecule has 0 saturated heterocycles. The van der Waals surface area contributed by atoms with Crippen LogP contribution in [0, 0.1) is 0 Å². The Morgan fingerprint density at radius 3 is 2.43 bits per heavy atom. The molecule has 0 aliphatic heterocycles. The standard InChI is InChI=1S/C21H18N2O5/c22-20(26)19(25)17-12-23(11-13-4-2-1-3-5-13)18-7-6-14(10-16(17)18)15(8-9-24)21(27)28/h1-7,9-10,12,15H,8,11H2,(H2,22,26)(H,27,28). The van der Waals surface area contributed by atoms with Gasteiger partial charge in [-0.25, -0.2) is 0 Å². The van der Waals surface area contributed by atoms with E-state index in [2.05, 4.69) is 0 Å². The summed E-state index contributed by atoms with van der Waals surface area (Å²) in [4.78, 5) is 46.1. The second kappa shape index (κ2) is 7.87. The summed E-state index contributed by atoms with van der Waals surface area (Å²) in [6.45, 7) is 0.458. The number of amides is 1. The van der Waals surface area contributed by atoms with Gasteiger partial charge >= 0.3 is 5.97 Å². The first-order valence-electron chi connectivity index (χ1n) is 8.59. The SMILES string of the molecule is NC(=O)C(=O)c1cn(Cc2ccccc2)c2ccc(C(CC=O)C(=O)O)cc12. The van der Waals surface area contributed by atoms with Crippen LogP contribution < -0.4 is 5.73 Å². The van der Waals surface area contributed by atoms with Crippen LogP contribution in [0.15, 0.2) is 54.7 Å². The van der Waals surface area contributed by atoms with Gasteiger partial charge in [-0.2, -0.15) is 0 Å². The number of aldehydes is 1. The summed E-state index contributed by atoms with van der Waals surface area (Å²) in [5.74, 6) is -4.11. The Morgan fingerprint density at radius 2 is 1.82 bits per heavy atom. The number of aliphatic carboxylic acids is 1. The molecule has 2 aromatic carbocycles. The number of nitrogens with two attached hydrogens (primary N) is 1. The summed E-state index contributed by atoms with van der Waals surface area (Å²) in [7, 11) is 0. The van der Waals surface area contributed by atoms with Gasteiger partial charge in [0.15, 0.2) is 0 Å². The molecule has 3 aromatic rings. The van der Waals surface area contributed by atoms with Crippen molar-refractivity contribution < 1.29 is 24.3 Å². The minimum Gasteiger partial charge on any atom is -0.481 e. The van der Waals surface area contributed by atoms with Crippen molar-refractivity contribution >= 4 is 34.8 Å². The van der Waals surface area contributed by atoms with Crippen molar-refractivity contribution in [1.82, 2.24) is 4.57 Å². The number of carboxylic acid groups (broad SMARTS) is 1. The number of rotatable bonds is 8. The number of benzene rings is 2. The van der Waals surface area contributed by atoms with E-state index in [1.807, 2.05) is 30.3 Å². The number of fused-ring (bicyclic) bond motifs is 1. The van der Waals surface area contributed by atoms with Crippen molar-refractivity contribution in [2.75, 3.05) is 0 Å². The van der Waals surface area contributed by atoms with Crippen LogP contribution in [0.1, 0.15) is 33.8 Å². The van der Waals surface area contributed by atoms with E-state index in [0.717, 1.165) is 5.56 Å². The minimum atomic E-state index is -1.14. The summed E-state index contributed by atoms with van der Waals surface area (Å²) >= 11 is 0. The molecule has 7 nitrogen and oxygen atoms in total. The summed E-state index contributed by atoms with van der Waals surface area (Å²) in [5.41, 5.74) is 7.31. The number of ketones is 1. The third-order valence-electron chi connectivity index (χ3n) is 4.60. The number of Topliss-reactive ketones (excluding diaryl/α,β-unsaturated/α-hetero) is 1. The fourth-order valence-corrected chi connectivity index (χ4v) is 3.23. The van der Waals surface area contributed by atoms with Gasteiger partial charge in [0.05, 0.1) is 11.5 Å². The predicted octanol–water partition coefficient (Wildman–Crippen LogP) is 2.11. The number of nitrogens with zero attached hydrogens (tertiary/aromatic N) is 1. The van der Waals surface area contributed by atoms with Crippen LogP contribution in [-0.2, 0) is 20.9 Å². The second-order valence-electron chi connectivity index (χ2n) is 6.42. The fraction of sp³-hybridized carbons (Fsp3) is 0.143. The Morgan fingerprint density at radius 1 is 1.11 bits per heavy atom. The molecule has 3 N–H and O–H groups in total. The van der Waals surface area contributed by atoms with Gasteiger partial charge in [0.2, 0.25) is 0 Å². The van der Waals surface area contributed by atoms with Crippen LogP contribution in [0.5, 0.6) is 0 Å². The molecule has 1 heterocycles. The van der Waals surface area contributed by atoms with Crippen molar-refractivity contribution in [2.45, 2.75) is 18.9 Å².